The lowest BCUT2D eigenvalue weighted by Gasteiger charge is -2.41. The highest BCUT2D eigenvalue weighted by atomic mass is 79.9. The van der Waals surface area contributed by atoms with Crippen LogP contribution in [0.2, 0.25) is 5.02 Å². The van der Waals surface area contributed by atoms with Gasteiger partial charge in [0.2, 0.25) is 5.91 Å². The van der Waals surface area contributed by atoms with Crippen LogP contribution in [0.5, 0.6) is 0 Å². The molecule has 1 N–H and O–H groups in total. The van der Waals surface area contributed by atoms with Crippen molar-refractivity contribution < 1.29 is 29.0 Å². The number of alkyl halides is 1. The third-order valence-corrected chi connectivity index (χ3v) is 9.25. The van der Waals surface area contributed by atoms with Crippen LogP contribution in [0.4, 0.5) is 5.69 Å². The van der Waals surface area contributed by atoms with Gasteiger partial charge in [0.15, 0.2) is 0 Å². The van der Waals surface area contributed by atoms with Gasteiger partial charge >= 0.3 is 5.97 Å². The summed E-state index contributed by atoms with van der Waals surface area (Å²) in [6.07, 6.45) is 2.03. The van der Waals surface area contributed by atoms with E-state index >= 15 is 0 Å². The highest BCUT2D eigenvalue weighted by molar-refractivity contribution is 9.09. The molecule has 0 aliphatic carbocycles. The van der Waals surface area contributed by atoms with Crippen molar-refractivity contribution in [2.75, 3.05) is 24.7 Å². The van der Waals surface area contributed by atoms with E-state index in [2.05, 4.69) is 22.5 Å². The molecule has 8 atom stereocenters. The van der Waals surface area contributed by atoms with Crippen LogP contribution in [0.1, 0.15) is 33.6 Å². The van der Waals surface area contributed by atoms with Crippen molar-refractivity contribution >= 4 is 51.0 Å². The smallest absolute Gasteiger partial charge is 0.312 e. The van der Waals surface area contributed by atoms with Crippen molar-refractivity contribution in [3.63, 3.8) is 0 Å². The zero-order valence-electron chi connectivity index (χ0n) is 21.3. The number of hydrogen-bond acceptors (Lipinski definition) is 6. The van der Waals surface area contributed by atoms with Crippen molar-refractivity contribution in [1.29, 1.82) is 0 Å². The topological polar surface area (TPSA) is 96.4 Å². The molecule has 3 saturated heterocycles. The predicted octanol–water partition coefficient (Wildman–Crippen LogP) is 3.58. The Labute approximate surface area is 231 Å². The summed E-state index contributed by atoms with van der Waals surface area (Å²) in [6.45, 7) is 9.42. The maximum Gasteiger partial charge on any atom is 0.312 e. The van der Waals surface area contributed by atoms with Gasteiger partial charge in [-0.3, -0.25) is 14.4 Å². The number of para-hydroxylation sites is 1. The molecule has 8 nitrogen and oxygen atoms in total. The van der Waals surface area contributed by atoms with Crippen molar-refractivity contribution in [2.45, 2.75) is 62.2 Å². The average Bonchev–Trinajstić information content (AvgIpc) is 3.47. The van der Waals surface area contributed by atoms with Crippen LogP contribution in [-0.4, -0.2) is 76.2 Å². The standard InChI is InChI=1S/C27H34BrClN2O6/c1-5-12-30(18-11-9-8-10-17(18)29)25(34)23-27-13-16(28)22(37-27)20(26(35)36-7-3)21(27)24(33)31(23)19(14-32)15(4)6-2/h5,8-11,15-16,19-23,32H,1,6-7,12-14H2,2-4H3/t15-,16?,19-,20-,21+,22-,23-,27+/m0/s1. The van der Waals surface area contributed by atoms with Gasteiger partial charge in [-0.25, -0.2) is 0 Å². The number of amides is 2. The molecule has 2 amide bonds. The fourth-order valence-electron chi connectivity index (χ4n) is 6.28. The third kappa shape index (κ3) is 4.41. The number of esters is 1. The Balaban J connectivity index is 1.88. The van der Waals surface area contributed by atoms with E-state index in [1.165, 1.54) is 9.80 Å². The number of nitrogens with zero attached hydrogens (tertiary/aromatic N) is 2. The molecule has 1 spiro atoms. The van der Waals surface area contributed by atoms with Crippen LogP contribution < -0.4 is 4.90 Å². The minimum Gasteiger partial charge on any atom is -0.466 e. The van der Waals surface area contributed by atoms with E-state index in [1.54, 1.807) is 37.3 Å². The molecule has 1 unspecified atom stereocenters. The Kier molecular flexibility index (Phi) is 8.38. The zero-order chi connectivity index (χ0) is 27.1. The first-order valence-corrected chi connectivity index (χ1v) is 14.1. The fourth-order valence-corrected chi connectivity index (χ4v) is 7.46. The van der Waals surface area contributed by atoms with Crippen molar-refractivity contribution in [1.82, 2.24) is 4.90 Å². The van der Waals surface area contributed by atoms with Gasteiger partial charge in [-0.05, 0) is 31.4 Å². The number of carbonyl (C=O) groups excluding carboxylic acids is 3. The summed E-state index contributed by atoms with van der Waals surface area (Å²) in [5, 5.41) is 10.8. The van der Waals surface area contributed by atoms with Gasteiger partial charge in [0, 0.05) is 11.4 Å². The Morgan fingerprint density at radius 1 is 1.41 bits per heavy atom. The van der Waals surface area contributed by atoms with E-state index in [4.69, 9.17) is 21.1 Å². The van der Waals surface area contributed by atoms with E-state index in [0.29, 0.717) is 23.6 Å². The Morgan fingerprint density at radius 2 is 2.11 bits per heavy atom. The second kappa shape index (κ2) is 11.0. The SMILES string of the molecule is C=CCN(C(=O)[C@@H]1N([C@@H](CO)[C@@H](C)CC)C(=O)[C@H]2[C@H](C(=O)OCC)[C@H]3O[C@@]12CC3Br)c1ccccc1Cl. The Bertz CT molecular complexity index is 1070. The molecule has 3 heterocycles. The van der Waals surface area contributed by atoms with Crippen LogP contribution in [-0.2, 0) is 23.9 Å². The summed E-state index contributed by atoms with van der Waals surface area (Å²) in [7, 11) is 0. The molecule has 2 bridgehead atoms. The number of carbonyl (C=O) groups is 3. The monoisotopic (exact) mass is 596 g/mol. The molecule has 3 fully saturated rings. The summed E-state index contributed by atoms with van der Waals surface area (Å²) in [5.41, 5.74) is -0.776. The molecule has 3 aliphatic rings. The van der Waals surface area contributed by atoms with Crippen molar-refractivity contribution in [3.05, 3.63) is 41.9 Å². The number of halogens is 2. The molecule has 1 aromatic carbocycles. The summed E-state index contributed by atoms with van der Waals surface area (Å²) < 4.78 is 11.9. The number of benzene rings is 1. The second-order valence-electron chi connectivity index (χ2n) is 9.99. The first-order valence-electron chi connectivity index (χ1n) is 12.8. The maximum absolute atomic E-state index is 14.5. The summed E-state index contributed by atoms with van der Waals surface area (Å²) in [6, 6.07) is 5.27. The number of hydrogen-bond donors (Lipinski definition) is 1. The number of aliphatic hydroxyl groups is 1. The molecule has 4 rings (SSSR count). The van der Waals surface area contributed by atoms with Crippen LogP contribution >= 0.6 is 27.5 Å². The highest BCUT2D eigenvalue weighted by Gasteiger charge is 2.77. The lowest BCUT2D eigenvalue weighted by atomic mass is 9.70. The minimum absolute atomic E-state index is 0.106. The minimum atomic E-state index is -1.26. The van der Waals surface area contributed by atoms with E-state index in [0.717, 1.165) is 0 Å². The van der Waals surface area contributed by atoms with Crippen molar-refractivity contribution in [3.8, 4) is 0 Å². The van der Waals surface area contributed by atoms with E-state index in [-0.39, 0.29) is 36.4 Å². The quantitative estimate of drug-likeness (QED) is 0.252. The molecule has 0 saturated carbocycles. The van der Waals surface area contributed by atoms with E-state index in [1.807, 2.05) is 13.8 Å². The van der Waals surface area contributed by atoms with Crippen LogP contribution in [0, 0.1) is 17.8 Å². The van der Waals surface area contributed by atoms with Gasteiger partial charge in [0.05, 0.1) is 47.9 Å². The fraction of sp³-hybridized carbons (Fsp3) is 0.593. The summed E-state index contributed by atoms with van der Waals surface area (Å²) >= 11 is 10.1. The highest BCUT2D eigenvalue weighted by Crippen LogP contribution is 2.61. The molecule has 10 heteroatoms. The molecule has 3 aliphatic heterocycles. The Morgan fingerprint density at radius 3 is 2.70 bits per heavy atom. The molecular weight excluding hydrogens is 564 g/mol. The molecule has 37 heavy (non-hydrogen) atoms. The van der Waals surface area contributed by atoms with Gasteiger partial charge in [-0.15, -0.1) is 6.58 Å². The lowest BCUT2D eigenvalue weighted by Crippen LogP contribution is -2.60. The third-order valence-electron chi connectivity index (χ3n) is 8.09. The van der Waals surface area contributed by atoms with Gasteiger partial charge < -0.3 is 24.4 Å². The number of likely N-dealkylation sites (tertiary alicyclic amines) is 1. The maximum atomic E-state index is 14.5. The number of ether oxygens (including phenoxy) is 2. The van der Waals surface area contributed by atoms with Crippen LogP contribution in [0.3, 0.4) is 0 Å². The van der Waals surface area contributed by atoms with Gasteiger partial charge in [0.25, 0.3) is 5.91 Å². The Hall–Kier alpha value is -1.94. The number of aliphatic hydroxyl groups excluding tert-OH is 1. The molecular formula is C27H34BrClN2O6. The first-order chi connectivity index (χ1) is 17.7. The second-order valence-corrected chi connectivity index (χ2v) is 11.6. The van der Waals surface area contributed by atoms with Gasteiger partial charge in [0.1, 0.15) is 11.6 Å². The van der Waals surface area contributed by atoms with Crippen LogP contribution in [0.15, 0.2) is 36.9 Å². The van der Waals surface area contributed by atoms with Gasteiger partial charge in [-0.2, -0.15) is 0 Å². The summed E-state index contributed by atoms with van der Waals surface area (Å²) in [4.78, 5) is 44.6. The zero-order valence-corrected chi connectivity index (χ0v) is 23.7. The van der Waals surface area contributed by atoms with Crippen molar-refractivity contribution in [2.24, 2.45) is 17.8 Å². The molecule has 202 valence electrons. The van der Waals surface area contributed by atoms with Gasteiger partial charge in [-0.1, -0.05) is 66.0 Å². The normalized spacial score (nSPS) is 31.7. The number of fused-ring (bicyclic) bond motifs is 1. The largest absolute Gasteiger partial charge is 0.466 e. The predicted molar refractivity (Wildman–Crippen MR) is 144 cm³/mol. The van der Waals surface area contributed by atoms with E-state index < -0.39 is 47.5 Å². The lowest BCUT2D eigenvalue weighted by molar-refractivity contribution is -0.155. The molecule has 0 aromatic heterocycles. The summed E-state index contributed by atoms with van der Waals surface area (Å²) in [5.74, 6) is -3.12. The number of rotatable bonds is 10. The van der Waals surface area contributed by atoms with Crippen LogP contribution in [0.25, 0.3) is 0 Å². The average molecular weight is 598 g/mol. The first kappa shape index (κ1) is 28.1. The van der Waals surface area contributed by atoms with E-state index in [9.17, 15) is 19.5 Å². The molecule has 0 radical (unpaired) electrons. The molecule has 1 aromatic rings. The number of anilines is 1.